The van der Waals surface area contributed by atoms with Gasteiger partial charge in [-0.2, -0.15) is 0 Å². The van der Waals surface area contributed by atoms with E-state index in [0.717, 1.165) is 4.90 Å². The number of rotatable bonds is 5. The van der Waals surface area contributed by atoms with Crippen LogP contribution >= 0.6 is 11.8 Å². The van der Waals surface area contributed by atoms with Crippen molar-refractivity contribution < 1.29 is 17.9 Å². The first-order valence-electron chi connectivity index (χ1n) is 7.71. The molecule has 1 aliphatic heterocycles. The molecule has 0 saturated carbocycles. The molecule has 0 radical (unpaired) electrons. The number of amides is 1. The van der Waals surface area contributed by atoms with Gasteiger partial charge in [0, 0.05) is 11.0 Å². The Balaban J connectivity index is 1.88. The summed E-state index contributed by atoms with van der Waals surface area (Å²) in [5.74, 6) is 0.454. The summed E-state index contributed by atoms with van der Waals surface area (Å²) >= 11 is 1.45. The highest BCUT2D eigenvalue weighted by atomic mass is 32.2. The van der Waals surface area contributed by atoms with Gasteiger partial charge in [0.05, 0.1) is 28.6 Å². The van der Waals surface area contributed by atoms with E-state index in [1.165, 1.54) is 24.9 Å². The molecule has 0 bridgehead atoms. The number of carbonyl (C=O) groups is 1. The molecule has 0 aliphatic carbocycles. The van der Waals surface area contributed by atoms with Crippen molar-refractivity contribution in [1.29, 1.82) is 0 Å². The molecule has 1 atom stereocenters. The van der Waals surface area contributed by atoms with Crippen LogP contribution < -0.4 is 14.8 Å². The molecule has 0 aromatic heterocycles. The van der Waals surface area contributed by atoms with Gasteiger partial charge in [0.2, 0.25) is 5.91 Å². The molecule has 1 amide bonds. The third kappa shape index (κ3) is 3.74. The molecule has 8 heteroatoms. The highest BCUT2D eigenvalue weighted by Gasteiger charge is 2.27. The van der Waals surface area contributed by atoms with E-state index in [2.05, 4.69) is 10.0 Å². The van der Waals surface area contributed by atoms with Gasteiger partial charge in [-0.05, 0) is 36.8 Å². The van der Waals surface area contributed by atoms with Crippen LogP contribution in [0.1, 0.15) is 13.3 Å². The van der Waals surface area contributed by atoms with Crippen LogP contribution in [-0.4, -0.2) is 26.7 Å². The number of anilines is 2. The number of hydrogen-bond donors (Lipinski definition) is 2. The van der Waals surface area contributed by atoms with Crippen LogP contribution in [0, 0.1) is 0 Å². The molecule has 132 valence electrons. The van der Waals surface area contributed by atoms with Crippen LogP contribution in [0.15, 0.2) is 52.3 Å². The molecule has 6 nitrogen and oxygen atoms in total. The van der Waals surface area contributed by atoms with Crippen LogP contribution in [0.4, 0.5) is 11.4 Å². The minimum atomic E-state index is -3.77. The summed E-state index contributed by atoms with van der Waals surface area (Å²) in [6.07, 6.45) is 0.716. The summed E-state index contributed by atoms with van der Waals surface area (Å²) in [5.41, 5.74) is 0.926. The largest absolute Gasteiger partial charge is 0.497 e. The summed E-state index contributed by atoms with van der Waals surface area (Å²) in [4.78, 5) is 13.0. The fourth-order valence-corrected chi connectivity index (χ4v) is 4.56. The summed E-state index contributed by atoms with van der Waals surface area (Å²) in [5, 5.41) is 2.64. The van der Waals surface area contributed by atoms with Crippen molar-refractivity contribution in [3.63, 3.8) is 0 Å². The van der Waals surface area contributed by atoms with E-state index in [9.17, 15) is 13.2 Å². The summed E-state index contributed by atoms with van der Waals surface area (Å²) in [6.45, 7) is 1.94. The van der Waals surface area contributed by atoms with Gasteiger partial charge in [-0.1, -0.05) is 13.0 Å². The molecule has 1 heterocycles. The van der Waals surface area contributed by atoms with Crippen molar-refractivity contribution in [1.82, 2.24) is 0 Å². The first-order valence-corrected chi connectivity index (χ1v) is 10.1. The molecule has 2 aromatic rings. The highest BCUT2D eigenvalue weighted by molar-refractivity contribution is 8.01. The van der Waals surface area contributed by atoms with Gasteiger partial charge in [0.15, 0.2) is 0 Å². The van der Waals surface area contributed by atoms with E-state index in [4.69, 9.17) is 4.74 Å². The van der Waals surface area contributed by atoms with Gasteiger partial charge >= 0.3 is 0 Å². The Bertz CT molecular complexity index is 913. The summed E-state index contributed by atoms with van der Waals surface area (Å²) < 4.78 is 32.9. The van der Waals surface area contributed by atoms with Crippen molar-refractivity contribution in [3.05, 3.63) is 42.5 Å². The maximum atomic E-state index is 12.6. The van der Waals surface area contributed by atoms with Crippen molar-refractivity contribution in [2.24, 2.45) is 0 Å². The lowest BCUT2D eigenvalue weighted by Gasteiger charge is -2.23. The molecule has 0 saturated heterocycles. The van der Waals surface area contributed by atoms with Crippen molar-refractivity contribution >= 4 is 39.1 Å². The summed E-state index contributed by atoms with van der Waals surface area (Å²) in [6, 6.07) is 11.4. The van der Waals surface area contributed by atoms with Crippen molar-refractivity contribution in [2.45, 2.75) is 28.4 Å². The molecular weight excluding hydrogens is 360 g/mol. The van der Waals surface area contributed by atoms with Crippen LogP contribution in [0.25, 0.3) is 0 Å². The molecule has 0 fully saturated rings. The van der Waals surface area contributed by atoms with Crippen LogP contribution in [-0.2, 0) is 14.8 Å². The lowest BCUT2D eigenvalue weighted by Crippen LogP contribution is -2.28. The highest BCUT2D eigenvalue weighted by Crippen LogP contribution is 2.38. The average Bonchev–Trinajstić information content (AvgIpc) is 2.60. The second-order valence-corrected chi connectivity index (χ2v) is 8.43. The standard InChI is InChI=1S/C17H18N2O4S2/c1-3-15-17(20)18-14-10-13(7-8-16(14)24-15)25(21,22)19-11-5-4-6-12(9-11)23-2/h4-10,15,19H,3H2,1-2H3,(H,18,20)/t15-/m0/s1. The number of ether oxygens (including phenoxy) is 1. The maximum Gasteiger partial charge on any atom is 0.261 e. The normalized spacial score (nSPS) is 16.7. The minimum Gasteiger partial charge on any atom is -0.497 e. The van der Waals surface area contributed by atoms with Gasteiger partial charge < -0.3 is 10.1 Å². The predicted octanol–water partition coefficient (Wildman–Crippen LogP) is 3.32. The van der Waals surface area contributed by atoms with E-state index >= 15 is 0 Å². The Morgan fingerprint density at radius 3 is 2.76 bits per heavy atom. The number of fused-ring (bicyclic) bond motifs is 1. The molecular formula is C17H18N2O4S2. The fourth-order valence-electron chi connectivity index (χ4n) is 2.47. The second-order valence-electron chi connectivity index (χ2n) is 5.50. The van der Waals surface area contributed by atoms with Crippen LogP contribution in [0.3, 0.4) is 0 Å². The monoisotopic (exact) mass is 378 g/mol. The molecule has 0 spiro atoms. The Hall–Kier alpha value is -2.19. The van der Waals surface area contributed by atoms with E-state index < -0.39 is 10.0 Å². The number of methoxy groups -OCH3 is 1. The number of nitrogens with one attached hydrogen (secondary N) is 2. The summed E-state index contributed by atoms with van der Waals surface area (Å²) in [7, 11) is -2.26. The Labute approximate surface area is 151 Å². The lowest BCUT2D eigenvalue weighted by atomic mass is 10.2. The van der Waals surface area contributed by atoms with Gasteiger partial charge in [-0.25, -0.2) is 8.42 Å². The van der Waals surface area contributed by atoms with E-state index in [0.29, 0.717) is 23.5 Å². The van der Waals surface area contributed by atoms with Crippen LogP contribution in [0.2, 0.25) is 0 Å². The maximum absolute atomic E-state index is 12.6. The zero-order valence-corrected chi connectivity index (χ0v) is 15.4. The van der Waals surface area contributed by atoms with Gasteiger partial charge in [0.25, 0.3) is 10.0 Å². The minimum absolute atomic E-state index is 0.0879. The third-order valence-electron chi connectivity index (χ3n) is 3.77. The number of carbonyl (C=O) groups excluding carboxylic acids is 1. The number of benzene rings is 2. The Kier molecular flexibility index (Phi) is 4.91. The Morgan fingerprint density at radius 2 is 2.04 bits per heavy atom. The zero-order valence-electron chi connectivity index (χ0n) is 13.8. The van der Waals surface area contributed by atoms with Crippen LogP contribution in [0.5, 0.6) is 5.75 Å². The zero-order chi connectivity index (χ0) is 18.0. The van der Waals surface area contributed by atoms with E-state index in [1.807, 2.05) is 6.92 Å². The van der Waals surface area contributed by atoms with Gasteiger partial charge in [-0.15, -0.1) is 11.8 Å². The topological polar surface area (TPSA) is 84.5 Å². The molecule has 3 rings (SSSR count). The second kappa shape index (κ2) is 6.97. The Morgan fingerprint density at radius 1 is 1.24 bits per heavy atom. The van der Waals surface area contributed by atoms with E-state index in [-0.39, 0.29) is 16.1 Å². The molecule has 2 aromatic carbocycles. The SMILES string of the molecule is CC[C@@H]1Sc2ccc(S(=O)(=O)Nc3cccc(OC)c3)cc2NC1=O. The third-order valence-corrected chi connectivity index (χ3v) is 6.59. The van der Waals surface area contributed by atoms with Gasteiger partial charge in [-0.3, -0.25) is 9.52 Å². The molecule has 2 N–H and O–H groups in total. The first kappa shape index (κ1) is 17.6. The van der Waals surface area contributed by atoms with Crippen molar-refractivity contribution in [2.75, 3.05) is 17.1 Å². The quantitative estimate of drug-likeness (QED) is 0.834. The first-order chi connectivity index (χ1) is 11.9. The molecule has 1 aliphatic rings. The molecule has 25 heavy (non-hydrogen) atoms. The number of hydrogen-bond acceptors (Lipinski definition) is 5. The molecule has 0 unspecified atom stereocenters. The smallest absolute Gasteiger partial charge is 0.261 e. The predicted molar refractivity (Wildman–Crippen MR) is 98.8 cm³/mol. The number of sulfonamides is 1. The van der Waals surface area contributed by atoms with Crippen molar-refractivity contribution in [3.8, 4) is 5.75 Å². The van der Waals surface area contributed by atoms with Gasteiger partial charge in [0.1, 0.15) is 5.75 Å². The number of thioether (sulfide) groups is 1. The fraction of sp³-hybridized carbons (Fsp3) is 0.235. The average molecular weight is 378 g/mol. The van der Waals surface area contributed by atoms with E-state index in [1.54, 1.807) is 36.4 Å². The lowest BCUT2D eigenvalue weighted by molar-refractivity contribution is -0.115.